The zero-order valence-electron chi connectivity index (χ0n) is 12.4. The first-order chi connectivity index (χ1) is 10.3. The minimum absolute atomic E-state index is 0.0582. The van der Waals surface area contributed by atoms with E-state index in [0.717, 1.165) is 30.5 Å². The summed E-state index contributed by atoms with van der Waals surface area (Å²) in [6.45, 7) is 4.69. The molecule has 1 fully saturated rings. The number of alkyl halides is 1. The fourth-order valence-electron chi connectivity index (χ4n) is 2.24. The van der Waals surface area contributed by atoms with Crippen LogP contribution in [0.4, 0.5) is 0 Å². The molecule has 1 unspecified atom stereocenters. The molecule has 1 heterocycles. The van der Waals surface area contributed by atoms with Crippen molar-refractivity contribution in [1.82, 2.24) is 4.90 Å². The predicted octanol–water partition coefficient (Wildman–Crippen LogP) is 3.10. The molecule has 0 spiro atoms. The summed E-state index contributed by atoms with van der Waals surface area (Å²) in [6, 6.07) is 7.51. The Bertz CT molecular complexity index is 449. The Hall–Kier alpha value is -1.07. The molecule has 1 amide bonds. The van der Waals surface area contributed by atoms with Crippen LogP contribution in [0.5, 0.6) is 5.75 Å². The third-order valence-electron chi connectivity index (χ3n) is 3.53. The van der Waals surface area contributed by atoms with Gasteiger partial charge in [-0.2, -0.15) is 0 Å². The van der Waals surface area contributed by atoms with Crippen LogP contribution in [0.25, 0.3) is 0 Å². The van der Waals surface area contributed by atoms with Crippen LogP contribution in [-0.2, 0) is 4.74 Å². The Kier molecular flexibility index (Phi) is 6.51. The summed E-state index contributed by atoms with van der Waals surface area (Å²) < 4.78 is 11.0. The third-order valence-corrected chi connectivity index (χ3v) is 4.28. The lowest BCUT2D eigenvalue weighted by Crippen LogP contribution is -2.49. The molecule has 0 radical (unpaired) electrons. The number of ether oxygens (including phenoxy) is 2. The Morgan fingerprint density at radius 3 is 2.86 bits per heavy atom. The summed E-state index contributed by atoms with van der Waals surface area (Å²) >= 11 is 3.45. The Balaban J connectivity index is 1.98. The monoisotopic (exact) mass is 355 g/mol. The maximum atomic E-state index is 12.5. The molecule has 0 saturated carbocycles. The maximum absolute atomic E-state index is 12.5. The van der Waals surface area contributed by atoms with Crippen LogP contribution in [0.3, 0.4) is 0 Å². The van der Waals surface area contributed by atoms with E-state index in [1.165, 1.54) is 0 Å². The number of halogens is 1. The molecule has 1 aromatic rings. The van der Waals surface area contributed by atoms with Crippen molar-refractivity contribution >= 4 is 21.8 Å². The number of unbranched alkanes of at least 4 members (excludes halogenated alkanes) is 1. The van der Waals surface area contributed by atoms with Gasteiger partial charge in [-0.25, -0.2) is 0 Å². The van der Waals surface area contributed by atoms with Gasteiger partial charge in [0.15, 0.2) is 0 Å². The number of morpholine rings is 1. The van der Waals surface area contributed by atoms with Gasteiger partial charge in [0.2, 0.25) is 0 Å². The van der Waals surface area contributed by atoms with E-state index in [4.69, 9.17) is 9.47 Å². The second kappa shape index (κ2) is 8.39. The largest absolute Gasteiger partial charge is 0.494 e. The molecule has 1 saturated heterocycles. The van der Waals surface area contributed by atoms with E-state index in [9.17, 15) is 4.79 Å². The molecule has 1 aliphatic rings. The Labute approximate surface area is 134 Å². The summed E-state index contributed by atoms with van der Waals surface area (Å²) in [5, 5.41) is 0.733. The zero-order chi connectivity index (χ0) is 15.1. The fourth-order valence-corrected chi connectivity index (χ4v) is 2.78. The Morgan fingerprint density at radius 2 is 2.19 bits per heavy atom. The van der Waals surface area contributed by atoms with E-state index >= 15 is 0 Å². The second-order valence-electron chi connectivity index (χ2n) is 5.11. The highest BCUT2D eigenvalue weighted by Gasteiger charge is 2.27. The first-order valence-corrected chi connectivity index (χ1v) is 8.56. The van der Waals surface area contributed by atoms with Crippen molar-refractivity contribution in [1.29, 1.82) is 0 Å². The van der Waals surface area contributed by atoms with Crippen LogP contribution in [0.15, 0.2) is 24.3 Å². The molecule has 2 rings (SSSR count). The van der Waals surface area contributed by atoms with Gasteiger partial charge in [0.05, 0.1) is 25.9 Å². The molecule has 5 heteroatoms. The van der Waals surface area contributed by atoms with E-state index in [0.29, 0.717) is 25.3 Å². The predicted molar refractivity (Wildman–Crippen MR) is 86.3 cm³/mol. The topological polar surface area (TPSA) is 38.8 Å². The minimum Gasteiger partial charge on any atom is -0.494 e. The maximum Gasteiger partial charge on any atom is 0.254 e. The molecule has 1 aliphatic heterocycles. The van der Waals surface area contributed by atoms with Gasteiger partial charge in [-0.05, 0) is 30.7 Å². The van der Waals surface area contributed by atoms with E-state index in [2.05, 4.69) is 22.9 Å². The summed E-state index contributed by atoms with van der Waals surface area (Å²) in [4.78, 5) is 14.4. The van der Waals surface area contributed by atoms with Crippen LogP contribution in [0.1, 0.15) is 30.1 Å². The molecule has 0 aliphatic carbocycles. The zero-order valence-corrected chi connectivity index (χ0v) is 14.0. The molecule has 116 valence electrons. The number of carbonyl (C=O) groups excluding carboxylic acids is 1. The SMILES string of the molecule is CCCCOc1ccc(C(=O)N2CCOCC2CBr)cc1. The van der Waals surface area contributed by atoms with Crippen LogP contribution >= 0.6 is 15.9 Å². The molecular weight excluding hydrogens is 334 g/mol. The van der Waals surface area contributed by atoms with E-state index in [1.807, 2.05) is 29.2 Å². The smallest absolute Gasteiger partial charge is 0.254 e. The number of nitrogens with zero attached hydrogens (tertiary/aromatic N) is 1. The number of hydrogen-bond donors (Lipinski definition) is 0. The second-order valence-corrected chi connectivity index (χ2v) is 5.76. The number of hydrogen-bond acceptors (Lipinski definition) is 3. The third kappa shape index (κ3) is 4.45. The van der Waals surface area contributed by atoms with Crippen molar-refractivity contribution in [3.05, 3.63) is 29.8 Å². The molecule has 21 heavy (non-hydrogen) atoms. The highest BCUT2D eigenvalue weighted by Crippen LogP contribution is 2.17. The van der Waals surface area contributed by atoms with Gasteiger partial charge in [0, 0.05) is 17.4 Å². The van der Waals surface area contributed by atoms with Crippen molar-refractivity contribution in [2.75, 3.05) is 31.7 Å². The number of rotatable bonds is 6. The van der Waals surface area contributed by atoms with Crippen molar-refractivity contribution in [2.24, 2.45) is 0 Å². The van der Waals surface area contributed by atoms with Crippen molar-refractivity contribution in [2.45, 2.75) is 25.8 Å². The lowest BCUT2D eigenvalue weighted by Gasteiger charge is -2.34. The highest BCUT2D eigenvalue weighted by molar-refractivity contribution is 9.09. The van der Waals surface area contributed by atoms with Gasteiger partial charge in [-0.15, -0.1) is 0 Å². The number of benzene rings is 1. The number of amides is 1. The summed E-state index contributed by atoms with van der Waals surface area (Å²) in [6.07, 6.45) is 2.16. The minimum atomic E-state index is 0.0582. The van der Waals surface area contributed by atoms with Crippen LogP contribution in [0, 0.1) is 0 Å². The van der Waals surface area contributed by atoms with E-state index < -0.39 is 0 Å². The van der Waals surface area contributed by atoms with Crippen LogP contribution in [-0.4, -0.2) is 48.5 Å². The summed E-state index contributed by atoms with van der Waals surface area (Å²) in [5.41, 5.74) is 0.700. The van der Waals surface area contributed by atoms with Gasteiger partial charge >= 0.3 is 0 Å². The number of carbonyl (C=O) groups is 1. The average molecular weight is 356 g/mol. The molecule has 0 bridgehead atoms. The van der Waals surface area contributed by atoms with E-state index in [-0.39, 0.29) is 11.9 Å². The fraction of sp³-hybridized carbons (Fsp3) is 0.562. The normalized spacial score (nSPS) is 18.6. The van der Waals surface area contributed by atoms with Gasteiger partial charge < -0.3 is 14.4 Å². The Morgan fingerprint density at radius 1 is 1.43 bits per heavy atom. The first kappa shape index (κ1) is 16.3. The van der Waals surface area contributed by atoms with Gasteiger partial charge in [-0.3, -0.25) is 4.79 Å². The van der Waals surface area contributed by atoms with Crippen molar-refractivity contribution in [3.63, 3.8) is 0 Å². The molecule has 0 aromatic heterocycles. The summed E-state index contributed by atoms with van der Waals surface area (Å²) in [7, 11) is 0. The van der Waals surface area contributed by atoms with Crippen LogP contribution < -0.4 is 4.74 Å². The molecule has 4 nitrogen and oxygen atoms in total. The molecule has 1 aromatic carbocycles. The lowest BCUT2D eigenvalue weighted by atomic mass is 10.1. The van der Waals surface area contributed by atoms with Gasteiger partial charge in [0.1, 0.15) is 5.75 Å². The summed E-state index contributed by atoms with van der Waals surface area (Å²) in [5.74, 6) is 0.877. The quantitative estimate of drug-likeness (QED) is 0.581. The van der Waals surface area contributed by atoms with E-state index in [1.54, 1.807) is 0 Å². The first-order valence-electron chi connectivity index (χ1n) is 7.43. The van der Waals surface area contributed by atoms with Gasteiger partial charge in [-0.1, -0.05) is 29.3 Å². The van der Waals surface area contributed by atoms with Crippen LogP contribution in [0.2, 0.25) is 0 Å². The molecule has 0 N–H and O–H groups in total. The lowest BCUT2D eigenvalue weighted by molar-refractivity contribution is 0.00524. The molecular formula is C16H22BrNO3. The molecule has 1 atom stereocenters. The van der Waals surface area contributed by atoms with Crippen molar-refractivity contribution < 1.29 is 14.3 Å². The standard InChI is InChI=1S/C16H22BrNO3/c1-2-3-9-21-15-6-4-13(5-7-15)16(19)18-8-10-20-12-14(18)11-17/h4-7,14H,2-3,8-12H2,1H3. The van der Waals surface area contributed by atoms with Gasteiger partial charge in [0.25, 0.3) is 5.91 Å². The highest BCUT2D eigenvalue weighted by atomic mass is 79.9. The van der Waals surface area contributed by atoms with Crippen molar-refractivity contribution in [3.8, 4) is 5.75 Å². The average Bonchev–Trinajstić information content (AvgIpc) is 2.55.